The topological polar surface area (TPSA) is 94.8 Å². The van der Waals surface area contributed by atoms with Crippen LogP contribution in [-0.2, 0) is 0 Å². The van der Waals surface area contributed by atoms with E-state index < -0.39 is 5.91 Å². The van der Waals surface area contributed by atoms with E-state index in [9.17, 15) is 15.0 Å². The number of pyridine rings is 1. The maximum atomic E-state index is 11.7. The van der Waals surface area contributed by atoms with Crippen molar-refractivity contribution < 1.29 is 15.0 Å². The third-order valence-corrected chi connectivity index (χ3v) is 2.59. The number of carbonyl (C=O) groups excluding carboxylic acids is 1. The number of hydrogen-bond donors (Lipinski definition) is 3. The van der Waals surface area contributed by atoms with Gasteiger partial charge in [-0.3, -0.25) is 9.78 Å². The second-order valence-electron chi connectivity index (χ2n) is 4.05. The fourth-order valence-electron chi connectivity index (χ4n) is 1.58. The first-order valence-corrected chi connectivity index (χ1v) is 5.86. The SMILES string of the molecule is C/C(=N\NC(=O)c1ccccn1)c1ccc(O)cc1O. The highest BCUT2D eigenvalue weighted by Crippen LogP contribution is 2.22. The van der Waals surface area contributed by atoms with Gasteiger partial charge in [0.25, 0.3) is 5.91 Å². The van der Waals surface area contributed by atoms with Crippen LogP contribution in [0.3, 0.4) is 0 Å². The van der Waals surface area contributed by atoms with E-state index in [2.05, 4.69) is 15.5 Å². The molecule has 6 nitrogen and oxygen atoms in total. The zero-order valence-corrected chi connectivity index (χ0v) is 10.7. The van der Waals surface area contributed by atoms with E-state index in [4.69, 9.17) is 0 Å². The van der Waals surface area contributed by atoms with Crippen LogP contribution < -0.4 is 5.43 Å². The molecular weight excluding hydrogens is 258 g/mol. The van der Waals surface area contributed by atoms with Gasteiger partial charge in [0.2, 0.25) is 0 Å². The molecule has 0 aliphatic heterocycles. The van der Waals surface area contributed by atoms with E-state index >= 15 is 0 Å². The lowest BCUT2D eigenvalue weighted by molar-refractivity contribution is 0.0950. The highest BCUT2D eigenvalue weighted by atomic mass is 16.3. The summed E-state index contributed by atoms with van der Waals surface area (Å²) in [6.07, 6.45) is 1.51. The van der Waals surface area contributed by atoms with Crippen molar-refractivity contribution in [1.82, 2.24) is 10.4 Å². The molecule has 1 aromatic carbocycles. The predicted octanol–water partition coefficient (Wildman–Crippen LogP) is 1.65. The first-order valence-electron chi connectivity index (χ1n) is 5.86. The molecule has 20 heavy (non-hydrogen) atoms. The summed E-state index contributed by atoms with van der Waals surface area (Å²) >= 11 is 0. The van der Waals surface area contributed by atoms with E-state index in [0.717, 1.165) is 0 Å². The van der Waals surface area contributed by atoms with E-state index in [1.165, 1.54) is 24.4 Å². The molecule has 6 heteroatoms. The van der Waals surface area contributed by atoms with Crippen LogP contribution in [0.25, 0.3) is 0 Å². The molecule has 0 aliphatic carbocycles. The Morgan fingerprint density at radius 2 is 2.05 bits per heavy atom. The molecule has 1 amide bonds. The van der Waals surface area contributed by atoms with Crippen molar-refractivity contribution in [2.75, 3.05) is 0 Å². The minimum atomic E-state index is -0.441. The van der Waals surface area contributed by atoms with Crippen molar-refractivity contribution >= 4 is 11.6 Å². The van der Waals surface area contributed by atoms with Crippen LogP contribution in [0.1, 0.15) is 23.0 Å². The summed E-state index contributed by atoms with van der Waals surface area (Å²) in [5, 5.41) is 22.8. The Hall–Kier alpha value is -2.89. The predicted molar refractivity (Wildman–Crippen MR) is 73.7 cm³/mol. The van der Waals surface area contributed by atoms with E-state index in [1.807, 2.05) is 0 Å². The molecule has 0 saturated carbocycles. The molecular formula is C14H13N3O3. The molecule has 0 fully saturated rings. The number of rotatable bonds is 3. The third kappa shape index (κ3) is 3.11. The minimum absolute atomic E-state index is 0.0448. The second kappa shape index (κ2) is 5.83. The molecule has 2 aromatic rings. The van der Waals surface area contributed by atoms with E-state index in [0.29, 0.717) is 11.3 Å². The number of hydrazone groups is 1. The highest BCUT2D eigenvalue weighted by Gasteiger charge is 2.08. The van der Waals surface area contributed by atoms with Gasteiger partial charge in [0.15, 0.2) is 0 Å². The van der Waals surface area contributed by atoms with Crippen LogP contribution in [0.15, 0.2) is 47.7 Å². The molecule has 0 aliphatic rings. The van der Waals surface area contributed by atoms with Crippen LogP contribution in [0, 0.1) is 0 Å². The summed E-state index contributed by atoms with van der Waals surface area (Å²) < 4.78 is 0. The molecule has 0 bridgehead atoms. The number of aromatic nitrogens is 1. The van der Waals surface area contributed by atoms with Crippen molar-refractivity contribution in [1.29, 1.82) is 0 Å². The summed E-state index contributed by atoms with van der Waals surface area (Å²) in [4.78, 5) is 15.6. The molecule has 2 rings (SSSR count). The fourth-order valence-corrected chi connectivity index (χ4v) is 1.58. The lowest BCUT2D eigenvalue weighted by Crippen LogP contribution is -2.20. The number of nitrogens with one attached hydrogen (secondary N) is 1. The Labute approximate surface area is 115 Å². The van der Waals surface area contributed by atoms with Gasteiger partial charge in [0, 0.05) is 17.8 Å². The van der Waals surface area contributed by atoms with Crippen molar-refractivity contribution in [3.63, 3.8) is 0 Å². The number of aromatic hydroxyl groups is 2. The first kappa shape index (κ1) is 13.5. The molecule has 0 radical (unpaired) electrons. The lowest BCUT2D eigenvalue weighted by atomic mass is 10.1. The van der Waals surface area contributed by atoms with E-state index in [1.54, 1.807) is 25.1 Å². The zero-order chi connectivity index (χ0) is 14.5. The van der Waals surface area contributed by atoms with Gasteiger partial charge >= 0.3 is 0 Å². The number of phenolic OH excluding ortho intramolecular Hbond substituents is 2. The van der Waals surface area contributed by atoms with Gasteiger partial charge in [-0.15, -0.1) is 0 Å². The molecule has 0 unspecified atom stereocenters. The van der Waals surface area contributed by atoms with Crippen LogP contribution in [0.4, 0.5) is 0 Å². The van der Waals surface area contributed by atoms with Crippen molar-refractivity contribution in [3.05, 3.63) is 53.9 Å². The quantitative estimate of drug-likeness (QED) is 0.584. The van der Waals surface area contributed by atoms with Gasteiger partial charge in [-0.05, 0) is 31.2 Å². The molecule has 3 N–H and O–H groups in total. The Morgan fingerprint density at radius 1 is 1.25 bits per heavy atom. The van der Waals surface area contributed by atoms with Crippen LogP contribution in [0.2, 0.25) is 0 Å². The summed E-state index contributed by atoms with van der Waals surface area (Å²) in [5.74, 6) is -0.599. The van der Waals surface area contributed by atoms with Gasteiger partial charge in [-0.1, -0.05) is 6.07 Å². The number of benzene rings is 1. The van der Waals surface area contributed by atoms with E-state index in [-0.39, 0.29) is 17.2 Å². The maximum absolute atomic E-state index is 11.7. The highest BCUT2D eigenvalue weighted by molar-refractivity contribution is 6.02. The first-order chi connectivity index (χ1) is 9.58. The largest absolute Gasteiger partial charge is 0.508 e. The number of phenols is 2. The monoisotopic (exact) mass is 271 g/mol. The fraction of sp³-hybridized carbons (Fsp3) is 0.0714. The number of hydrogen-bond acceptors (Lipinski definition) is 5. The number of carbonyl (C=O) groups is 1. The zero-order valence-electron chi connectivity index (χ0n) is 10.7. The Morgan fingerprint density at radius 3 is 2.70 bits per heavy atom. The summed E-state index contributed by atoms with van der Waals surface area (Å²) in [5.41, 5.74) is 3.43. The normalized spacial score (nSPS) is 11.2. The summed E-state index contributed by atoms with van der Waals surface area (Å²) in [6, 6.07) is 9.11. The van der Waals surface area contributed by atoms with Crippen molar-refractivity contribution in [2.24, 2.45) is 5.10 Å². The maximum Gasteiger partial charge on any atom is 0.289 e. The minimum Gasteiger partial charge on any atom is -0.508 e. The molecule has 0 saturated heterocycles. The molecule has 102 valence electrons. The van der Waals surface area contributed by atoms with Crippen molar-refractivity contribution in [3.8, 4) is 11.5 Å². The second-order valence-corrected chi connectivity index (χ2v) is 4.05. The van der Waals surface area contributed by atoms with Gasteiger partial charge in [0.05, 0.1) is 5.71 Å². The lowest BCUT2D eigenvalue weighted by Gasteiger charge is -2.05. The Bertz CT molecular complexity index is 654. The number of nitrogens with zero attached hydrogens (tertiary/aromatic N) is 2. The summed E-state index contributed by atoms with van der Waals surface area (Å²) in [6.45, 7) is 1.63. The van der Waals surface area contributed by atoms with Crippen LogP contribution >= 0.6 is 0 Å². The Balaban J connectivity index is 2.13. The third-order valence-electron chi connectivity index (χ3n) is 2.59. The van der Waals surface area contributed by atoms with Crippen molar-refractivity contribution in [2.45, 2.75) is 6.92 Å². The average Bonchev–Trinajstić information content (AvgIpc) is 2.45. The molecule has 1 heterocycles. The van der Waals surface area contributed by atoms with Crippen LogP contribution in [-0.4, -0.2) is 26.8 Å². The van der Waals surface area contributed by atoms with Gasteiger partial charge in [-0.2, -0.15) is 5.10 Å². The molecule has 0 atom stereocenters. The van der Waals surface area contributed by atoms with Crippen LogP contribution in [0.5, 0.6) is 11.5 Å². The average molecular weight is 271 g/mol. The molecule has 0 spiro atoms. The smallest absolute Gasteiger partial charge is 0.289 e. The molecule has 1 aromatic heterocycles. The van der Waals surface area contributed by atoms with Gasteiger partial charge in [0.1, 0.15) is 17.2 Å². The summed E-state index contributed by atoms with van der Waals surface area (Å²) in [7, 11) is 0. The standard InChI is InChI=1S/C14H13N3O3/c1-9(11-6-5-10(18)8-13(11)19)16-17-14(20)12-4-2-3-7-15-12/h2-8,18-19H,1H3,(H,17,20)/b16-9+. The Kier molecular flexibility index (Phi) is 3.95. The number of amides is 1. The van der Waals surface area contributed by atoms with Gasteiger partial charge in [-0.25, -0.2) is 5.43 Å². The van der Waals surface area contributed by atoms with Gasteiger partial charge < -0.3 is 10.2 Å².